The highest BCUT2D eigenvalue weighted by Crippen LogP contribution is 2.51. The lowest BCUT2D eigenvalue weighted by Gasteiger charge is -2.29. The van der Waals surface area contributed by atoms with Crippen LogP contribution in [0.5, 0.6) is 0 Å². The Morgan fingerprint density at radius 2 is 1.10 bits per heavy atom. The average Bonchev–Trinajstić information content (AvgIpc) is 3.64. The van der Waals surface area contributed by atoms with Gasteiger partial charge in [-0.05, 0) is 86.6 Å². The summed E-state index contributed by atoms with van der Waals surface area (Å²) in [5, 5.41) is 7.01. The van der Waals surface area contributed by atoms with E-state index < -0.39 is 0 Å². The van der Waals surface area contributed by atoms with E-state index in [0.717, 1.165) is 49.8 Å². The first-order valence-corrected chi connectivity index (χ1v) is 17.0. The number of nitrogens with zero attached hydrogens (tertiary/aromatic N) is 1. The molecule has 0 bridgehead atoms. The number of hydrogen-bond acceptors (Lipinski definition) is 2. The molecule has 1 aliphatic rings. The number of anilines is 3. The Balaban J connectivity index is 1.21. The second-order valence-electron chi connectivity index (χ2n) is 13.8. The highest BCUT2D eigenvalue weighted by molar-refractivity contribution is 6.19. The van der Waals surface area contributed by atoms with Crippen LogP contribution in [0.15, 0.2) is 168 Å². The average molecular weight is 628 g/mol. The molecule has 8 aromatic carbocycles. The van der Waals surface area contributed by atoms with Crippen molar-refractivity contribution < 1.29 is 4.42 Å². The quantitative estimate of drug-likeness (QED) is 0.193. The highest BCUT2D eigenvalue weighted by Gasteiger charge is 2.36. The van der Waals surface area contributed by atoms with Crippen LogP contribution < -0.4 is 4.90 Å². The molecule has 1 aliphatic carbocycles. The van der Waals surface area contributed by atoms with Gasteiger partial charge in [0, 0.05) is 38.3 Å². The van der Waals surface area contributed by atoms with E-state index in [1.165, 1.54) is 44.2 Å². The van der Waals surface area contributed by atoms with Crippen molar-refractivity contribution in [3.63, 3.8) is 0 Å². The summed E-state index contributed by atoms with van der Waals surface area (Å²) in [6, 6.07) is 59.5. The van der Waals surface area contributed by atoms with Crippen LogP contribution in [0.1, 0.15) is 25.0 Å². The molecule has 232 valence electrons. The topological polar surface area (TPSA) is 16.4 Å². The summed E-state index contributed by atoms with van der Waals surface area (Å²) in [7, 11) is 0. The van der Waals surface area contributed by atoms with Crippen LogP contribution in [0.3, 0.4) is 0 Å². The van der Waals surface area contributed by atoms with E-state index in [1.54, 1.807) is 0 Å². The van der Waals surface area contributed by atoms with E-state index in [-0.39, 0.29) is 5.41 Å². The zero-order valence-corrected chi connectivity index (χ0v) is 27.4. The second-order valence-corrected chi connectivity index (χ2v) is 13.8. The Morgan fingerprint density at radius 3 is 1.96 bits per heavy atom. The number of furan rings is 1. The van der Waals surface area contributed by atoms with Crippen molar-refractivity contribution in [1.29, 1.82) is 0 Å². The maximum absolute atomic E-state index is 6.51. The van der Waals surface area contributed by atoms with Crippen molar-refractivity contribution in [2.75, 3.05) is 4.90 Å². The summed E-state index contributed by atoms with van der Waals surface area (Å²) >= 11 is 0. The molecular formula is C47H33NO. The van der Waals surface area contributed by atoms with E-state index in [2.05, 4.69) is 176 Å². The van der Waals surface area contributed by atoms with E-state index in [9.17, 15) is 0 Å². The van der Waals surface area contributed by atoms with Crippen molar-refractivity contribution in [1.82, 2.24) is 0 Å². The molecule has 1 aromatic heterocycles. The molecule has 9 aromatic rings. The van der Waals surface area contributed by atoms with Crippen LogP contribution in [0.25, 0.3) is 65.7 Å². The van der Waals surface area contributed by atoms with Gasteiger partial charge >= 0.3 is 0 Å². The summed E-state index contributed by atoms with van der Waals surface area (Å²) in [5.41, 5.74) is 12.9. The van der Waals surface area contributed by atoms with Crippen LogP contribution in [0.4, 0.5) is 17.1 Å². The lowest BCUT2D eigenvalue weighted by atomic mass is 9.82. The zero-order chi connectivity index (χ0) is 32.7. The second kappa shape index (κ2) is 10.4. The number of fused-ring (bicyclic) bond motifs is 9. The third-order valence-electron chi connectivity index (χ3n) is 10.6. The van der Waals surface area contributed by atoms with Gasteiger partial charge < -0.3 is 9.32 Å². The summed E-state index contributed by atoms with van der Waals surface area (Å²) in [5.74, 6) is 0. The summed E-state index contributed by atoms with van der Waals surface area (Å²) in [6.07, 6.45) is 0. The minimum atomic E-state index is -0.111. The molecule has 0 saturated carbocycles. The first kappa shape index (κ1) is 27.9. The maximum Gasteiger partial charge on any atom is 0.143 e. The molecule has 0 saturated heterocycles. The molecule has 0 aliphatic heterocycles. The fourth-order valence-corrected chi connectivity index (χ4v) is 8.14. The van der Waals surface area contributed by atoms with Crippen LogP contribution >= 0.6 is 0 Å². The van der Waals surface area contributed by atoms with Crippen LogP contribution in [-0.2, 0) is 5.41 Å². The number of benzene rings is 8. The van der Waals surface area contributed by atoms with E-state index in [1.807, 2.05) is 6.07 Å². The molecule has 0 amide bonds. The van der Waals surface area contributed by atoms with Gasteiger partial charge in [-0.3, -0.25) is 0 Å². The molecule has 0 spiro atoms. The number of para-hydroxylation sites is 1. The fraction of sp³-hybridized carbons (Fsp3) is 0.0638. The van der Waals surface area contributed by atoms with Crippen molar-refractivity contribution in [2.45, 2.75) is 19.3 Å². The van der Waals surface area contributed by atoms with Gasteiger partial charge in [-0.2, -0.15) is 0 Å². The van der Waals surface area contributed by atoms with Gasteiger partial charge in [0.15, 0.2) is 0 Å². The molecule has 10 rings (SSSR count). The van der Waals surface area contributed by atoms with Gasteiger partial charge in [0.1, 0.15) is 11.2 Å². The van der Waals surface area contributed by atoms with Gasteiger partial charge in [-0.1, -0.05) is 135 Å². The van der Waals surface area contributed by atoms with Crippen molar-refractivity contribution >= 4 is 60.5 Å². The molecule has 0 radical (unpaired) electrons. The first-order valence-electron chi connectivity index (χ1n) is 17.0. The summed E-state index contributed by atoms with van der Waals surface area (Å²) in [4.78, 5) is 2.44. The summed E-state index contributed by atoms with van der Waals surface area (Å²) < 4.78 is 6.51. The molecule has 2 heteroatoms. The predicted octanol–water partition coefficient (Wildman–Crippen LogP) is 13.3. The number of rotatable bonds is 4. The lowest BCUT2D eigenvalue weighted by molar-refractivity contribution is 0.660. The molecule has 2 nitrogen and oxygen atoms in total. The maximum atomic E-state index is 6.51. The minimum Gasteiger partial charge on any atom is -0.455 e. The molecule has 49 heavy (non-hydrogen) atoms. The Labute approximate surface area is 285 Å². The Kier molecular flexibility index (Phi) is 5.95. The van der Waals surface area contributed by atoms with Gasteiger partial charge in [0.05, 0.1) is 5.69 Å². The van der Waals surface area contributed by atoms with Gasteiger partial charge in [0.25, 0.3) is 0 Å². The molecular weight excluding hydrogens is 595 g/mol. The Morgan fingerprint density at radius 1 is 0.449 bits per heavy atom. The van der Waals surface area contributed by atoms with E-state index in [4.69, 9.17) is 4.42 Å². The molecule has 0 atom stereocenters. The van der Waals surface area contributed by atoms with E-state index in [0.29, 0.717) is 0 Å². The largest absolute Gasteiger partial charge is 0.455 e. The van der Waals surface area contributed by atoms with E-state index >= 15 is 0 Å². The third kappa shape index (κ3) is 4.20. The lowest BCUT2D eigenvalue weighted by Crippen LogP contribution is -2.16. The number of hydrogen-bond donors (Lipinski definition) is 0. The Hall–Kier alpha value is -6.12. The van der Waals surface area contributed by atoms with Crippen LogP contribution in [-0.4, -0.2) is 0 Å². The van der Waals surface area contributed by atoms with Crippen LogP contribution in [0, 0.1) is 0 Å². The summed E-state index contributed by atoms with van der Waals surface area (Å²) in [6.45, 7) is 4.70. The molecule has 0 unspecified atom stereocenters. The van der Waals surface area contributed by atoms with Crippen molar-refractivity contribution in [3.05, 3.63) is 175 Å². The highest BCUT2D eigenvalue weighted by atomic mass is 16.3. The molecule has 0 N–H and O–H groups in total. The minimum absolute atomic E-state index is 0.111. The molecule has 0 fully saturated rings. The zero-order valence-electron chi connectivity index (χ0n) is 27.4. The smallest absolute Gasteiger partial charge is 0.143 e. The predicted molar refractivity (Wildman–Crippen MR) is 206 cm³/mol. The van der Waals surface area contributed by atoms with Gasteiger partial charge in [0.2, 0.25) is 0 Å². The van der Waals surface area contributed by atoms with Crippen LogP contribution in [0.2, 0.25) is 0 Å². The third-order valence-corrected chi connectivity index (χ3v) is 10.6. The van der Waals surface area contributed by atoms with Crippen molar-refractivity contribution in [2.24, 2.45) is 0 Å². The standard InChI is InChI=1S/C47H33NO/c1-47(2)42-17-9-7-13-36(42)37-26-25-35(28-43(37)47)48(34-23-21-31(22-24-34)33-20-19-30-11-3-4-12-32(30)27-33)44-29-41-39-15-8-10-18-45(39)49-46(41)40-16-6-5-14-38(40)44/h3-29H,1-2H3. The Bertz CT molecular complexity index is 2750. The SMILES string of the molecule is CC1(C)c2ccccc2-c2ccc(N(c3ccc(-c4ccc5ccccc5c4)cc3)c3cc4c5ccccc5oc4c4ccccc34)cc21. The first-order chi connectivity index (χ1) is 24.0. The normalized spacial score (nSPS) is 13.3. The van der Waals surface area contributed by atoms with Crippen molar-refractivity contribution in [3.8, 4) is 22.3 Å². The molecule has 1 heterocycles. The monoisotopic (exact) mass is 627 g/mol. The van der Waals surface area contributed by atoms with Gasteiger partial charge in [-0.15, -0.1) is 0 Å². The fourth-order valence-electron chi connectivity index (χ4n) is 8.14. The van der Waals surface area contributed by atoms with Gasteiger partial charge in [-0.25, -0.2) is 0 Å².